The molecule has 0 aliphatic carbocycles. The van der Waals surface area contributed by atoms with Crippen LogP contribution >= 0.6 is 0 Å². The molecule has 0 aliphatic heterocycles. The van der Waals surface area contributed by atoms with Crippen LogP contribution in [0.1, 0.15) is 5.56 Å². The quantitative estimate of drug-likeness (QED) is 0.366. The number of aliphatic imine (C=N–C) groups is 1. The van der Waals surface area contributed by atoms with Crippen molar-refractivity contribution < 1.29 is 19.2 Å². The molecule has 0 atom stereocenters. The molecule has 0 aliphatic rings. The Hall–Kier alpha value is -3.22. The number of esters is 1. The zero-order valence-corrected chi connectivity index (χ0v) is 12.6. The smallest absolute Gasteiger partial charge is 0.357 e. The Morgan fingerprint density at radius 2 is 1.83 bits per heavy atom. The minimum Gasteiger partial charge on any atom is -0.497 e. The normalized spacial score (nSPS) is 11.0. The standard InChI is InChI=1S/C16H14N2O5/c1-22-14-8-6-12(7-9-14)17-15(16(19)23-2)11-4-3-5-13(10-11)18(20)21/h3-10H,1-2H3. The minimum absolute atomic E-state index is 0.0126. The first kappa shape index (κ1) is 16.2. The van der Waals surface area contributed by atoms with Gasteiger partial charge in [0.05, 0.1) is 24.8 Å². The molecule has 0 unspecified atom stereocenters. The summed E-state index contributed by atoms with van der Waals surface area (Å²) >= 11 is 0. The van der Waals surface area contributed by atoms with Crippen LogP contribution in [0.25, 0.3) is 0 Å². The van der Waals surface area contributed by atoms with Crippen LogP contribution in [0.3, 0.4) is 0 Å². The molecule has 0 amide bonds. The van der Waals surface area contributed by atoms with Gasteiger partial charge < -0.3 is 9.47 Å². The molecule has 0 saturated carbocycles. The Morgan fingerprint density at radius 3 is 2.39 bits per heavy atom. The highest BCUT2D eigenvalue weighted by atomic mass is 16.6. The predicted molar refractivity (Wildman–Crippen MR) is 84.3 cm³/mol. The number of hydrogen-bond donors (Lipinski definition) is 0. The zero-order chi connectivity index (χ0) is 16.8. The number of methoxy groups -OCH3 is 2. The third-order valence-corrected chi connectivity index (χ3v) is 3.02. The lowest BCUT2D eigenvalue weighted by Crippen LogP contribution is -2.17. The first-order valence-corrected chi connectivity index (χ1v) is 6.61. The fourth-order valence-electron chi connectivity index (χ4n) is 1.88. The third-order valence-electron chi connectivity index (χ3n) is 3.02. The van der Waals surface area contributed by atoms with Gasteiger partial charge in [-0.25, -0.2) is 9.79 Å². The number of hydrogen-bond acceptors (Lipinski definition) is 6. The average Bonchev–Trinajstić information content (AvgIpc) is 2.59. The molecule has 7 nitrogen and oxygen atoms in total. The summed E-state index contributed by atoms with van der Waals surface area (Å²) in [6, 6.07) is 12.4. The maximum Gasteiger partial charge on any atom is 0.357 e. The van der Waals surface area contributed by atoms with Crippen LogP contribution in [0.15, 0.2) is 53.5 Å². The maximum atomic E-state index is 12.0. The van der Waals surface area contributed by atoms with E-state index in [9.17, 15) is 14.9 Å². The van der Waals surface area contributed by atoms with Gasteiger partial charge in [-0.1, -0.05) is 12.1 Å². The van der Waals surface area contributed by atoms with E-state index in [4.69, 9.17) is 9.47 Å². The molecule has 0 N–H and O–H groups in total. The molecule has 0 saturated heterocycles. The van der Waals surface area contributed by atoms with Crippen LogP contribution in [0.2, 0.25) is 0 Å². The monoisotopic (exact) mass is 314 g/mol. The Labute approximate surface area is 132 Å². The lowest BCUT2D eigenvalue weighted by Gasteiger charge is -2.06. The molecular formula is C16H14N2O5. The van der Waals surface area contributed by atoms with Gasteiger partial charge in [0.2, 0.25) is 0 Å². The lowest BCUT2D eigenvalue weighted by molar-refractivity contribution is -0.384. The van der Waals surface area contributed by atoms with Crippen molar-refractivity contribution >= 4 is 23.1 Å². The SMILES string of the molecule is COC(=O)C(=Nc1ccc(OC)cc1)c1cccc([N+](=O)[O-])c1. The fourth-order valence-corrected chi connectivity index (χ4v) is 1.88. The summed E-state index contributed by atoms with van der Waals surface area (Å²) in [6.07, 6.45) is 0. The highest BCUT2D eigenvalue weighted by Gasteiger charge is 2.17. The van der Waals surface area contributed by atoms with Crippen molar-refractivity contribution in [3.8, 4) is 5.75 Å². The first-order chi connectivity index (χ1) is 11.0. The zero-order valence-electron chi connectivity index (χ0n) is 12.6. The Kier molecular flexibility index (Phi) is 5.03. The Morgan fingerprint density at radius 1 is 1.13 bits per heavy atom. The average molecular weight is 314 g/mol. The van der Waals surface area contributed by atoms with Crippen LogP contribution in [0.4, 0.5) is 11.4 Å². The number of nitro benzene ring substituents is 1. The second-order valence-corrected chi connectivity index (χ2v) is 4.46. The van der Waals surface area contributed by atoms with Gasteiger partial charge >= 0.3 is 5.97 Å². The summed E-state index contributed by atoms with van der Waals surface area (Å²) in [6.45, 7) is 0. The number of carbonyl (C=O) groups is 1. The number of ether oxygens (including phenoxy) is 2. The van der Waals surface area contributed by atoms with Gasteiger partial charge in [-0.05, 0) is 24.3 Å². The van der Waals surface area contributed by atoms with E-state index in [0.29, 0.717) is 17.0 Å². The summed E-state index contributed by atoms with van der Waals surface area (Å²) in [5, 5.41) is 10.9. The molecule has 2 aromatic rings. The summed E-state index contributed by atoms with van der Waals surface area (Å²) in [5.41, 5.74) is 0.662. The minimum atomic E-state index is -0.679. The molecular weight excluding hydrogens is 300 g/mol. The van der Waals surface area contributed by atoms with E-state index in [1.54, 1.807) is 37.4 Å². The number of carbonyl (C=O) groups excluding carboxylic acids is 1. The molecule has 2 aromatic carbocycles. The van der Waals surface area contributed by atoms with Gasteiger partial charge in [-0.3, -0.25) is 10.1 Å². The van der Waals surface area contributed by atoms with Crippen molar-refractivity contribution in [1.82, 2.24) is 0 Å². The van der Waals surface area contributed by atoms with E-state index in [1.165, 1.54) is 25.3 Å². The Balaban J connectivity index is 2.48. The van der Waals surface area contributed by atoms with Gasteiger partial charge in [0.25, 0.3) is 5.69 Å². The highest BCUT2D eigenvalue weighted by Crippen LogP contribution is 2.21. The molecule has 2 rings (SSSR count). The number of nitrogens with zero attached hydrogens (tertiary/aromatic N) is 2. The van der Waals surface area contributed by atoms with Crippen molar-refractivity contribution in [1.29, 1.82) is 0 Å². The number of nitro groups is 1. The summed E-state index contributed by atoms with van der Waals surface area (Å²) in [4.78, 5) is 26.6. The summed E-state index contributed by atoms with van der Waals surface area (Å²) in [5.74, 6) is -0.0276. The molecule has 118 valence electrons. The largest absolute Gasteiger partial charge is 0.497 e. The molecule has 0 bridgehead atoms. The van der Waals surface area contributed by atoms with Crippen LogP contribution in [-0.2, 0) is 9.53 Å². The Bertz CT molecular complexity index is 753. The molecule has 0 spiro atoms. The first-order valence-electron chi connectivity index (χ1n) is 6.61. The van der Waals surface area contributed by atoms with Gasteiger partial charge in [0, 0.05) is 17.7 Å². The van der Waals surface area contributed by atoms with E-state index >= 15 is 0 Å². The van der Waals surface area contributed by atoms with E-state index < -0.39 is 10.9 Å². The van der Waals surface area contributed by atoms with Gasteiger partial charge in [-0.2, -0.15) is 0 Å². The molecule has 23 heavy (non-hydrogen) atoms. The van der Waals surface area contributed by atoms with E-state index in [0.717, 1.165) is 0 Å². The van der Waals surface area contributed by atoms with E-state index in [2.05, 4.69) is 4.99 Å². The fraction of sp³-hybridized carbons (Fsp3) is 0.125. The molecule has 0 heterocycles. The van der Waals surface area contributed by atoms with Crippen molar-refractivity contribution in [2.75, 3.05) is 14.2 Å². The maximum absolute atomic E-state index is 12.0. The van der Waals surface area contributed by atoms with Crippen molar-refractivity contribution in [3.05, 3.63) is 64.2 Å². The molecule has 7 heteroatoms. The third kappa shape index (κ3) is 3.91. The summed E-state index contributed by atoms with van der Waals surface area (Å²) in [7, 11) is 2.77. The van der Waals surface area contributed by atoms with Crippen molar-refractivity contribution in [2.24, 2.45) is 4.99 Å². The van der Waals surface area contributed by atoms with E-state index in [1.807, 2.05) is 0 Å². The van der Waals surface area contributed by atoms with E-state index in [-0.39, 0.29) is 11.4 Å². The summed E-state index contributed by atoms with van der Waals surface area (Å²) < 4.78 is 9.77. The van der Waals surface area contributed by atoms with Crippen LogP contribution in [0, 0.1) is 10.1 Å². The van der Waals surface area contributed by atoms with Crippen LogP contribution < -0.4 is 4.74 Å². The van der Waals surface area contributed by atoms with Gasteiger partial charge in [0.15, 0.2) is 5.71 Å². The predicted octanol–water partition coefficient (Wildman–Crippen LogP) is 2.90. The second kappa shape index (κ2) is 7.17. The second-order valence-electron chi connectivity index (χ2n) is 4.46. The van der Waals surface area contributed by atoms with Gasteiger partial charge in [0.1, 0.15) is 5.75 Å². The lowest BCUT2D eigenvalue weighted by atomic mass is 10.1. The van der Waals surface area contributed by atoms with Gasteiger partial charge in [-0.15, -0.1) is 0 Å². The van der Waals surface area contributed by atoms with Crippen LogP contribution in [-0.4, -0.2) is 30.8 Å². The molecule has 0 radical (unpaired) electrons. The van der Waals surface area contributed by atoms with Crippen LogP contribution in [0.5, 0.6) is 5.75 Å². The number of non-ortho nitro benzene ring substituents is 1. The number of rotatable bonds is 5. The topological polar surface area (TPSA) is 91.0 Å². The van der Waals surface area contributed by atoms with Crippen molar-refractivity contribution in [2.45, 2.75) is 0 Å². The highest BCUT2D eigenvalue weighted by molar-refractivity contribution is 6.43. The van der Waals surface area contributed by atoms with Crippen molar-refractivity contribution in [3.63, 3.8) is 0 Å². The molecule has 0 aromatic heterocycles. The number of benzene rings is 2. The molecule has 0 fully saturated rings.